The van der Waals surface area contributed by atoms with Gasteiger partial charge in [-0.15, -0.1) is 0 Å². The fraction of sp³-hybridized carbons (Fsp3) is 0.0638. The minimum Gasteiger partial charge on any atom is -0.310 e. The van der Waals surface area contributed by atoms with Crippen LogP contribution in [0.3, 0.4) is 0 Å². The molecule has 0 atom stereocenters. The Bertz CT molecular complexity index is 2530. The van der Waals surface area contributed by atoms with Crippen LogP contribution < -0.4 is 10.3 Å². The average Bonchev–Trinajstić information content (AvgIpc) is 3.41. The Labute approximate surface area is 298 Å². The molecule has 7 aromatic carbocycles. The molecule has 2 aliphatic carbocycles. The highest BCUT2D eigenvalue weighted by atomic mass is 15.3. The first-order valence-electron chi connectivity index (χ1n) is 17.4. The first kappa shape index (κ1) is 30.5. The van der Waals surface area contributed by atoms with Gasteiger partial charge >= 0.3 is 0 Å². The van der Waals surface area contributed by atoms with Crippen LogP contribution in [-0.4, -0.2) is 11.4 Å². The van der Waals surface area contributed by atoms with E-state index in [-0.39, 0.29) is 5.41 Å². The lowest BCUT2D eigenvalue weighted by Crippen LogP contribution is -2.18. The topological polar surface area (TPSA) is 51.5 Å². The minimum absolute atomic E-state index is 0.0325. The van der Waals surface area contributed by atoms with Crippen LogP contribution in [0.25, 0.3) is 39.1 Å². The monoisotopic (exact) mass is 656 g/mol. The van der Waals surface area contributed by atoms with Gasteiger partial charge in [0, 0.05) is 28.0 Å². The van der Waals surface area contributed by atoms with Gasteiger partial charge in [0.05, 0.1) is 11.4 Å². The molecule has 4 heteroatoms. The Hall–Kier alpha value is -6.52. The van der Waals surface area contributed by atoms with Crippen LogP contribution in [0.4, 0.5) is 22.7 Å². The van der Waals surface area contributed by atoms with E-state index in [4.69, 9.17) is 5.41 Å². The second-order valence-electron chi connectivity index (χ2n) is 13.8. The van der Waals surface area contributed by atoms with Crippen molar-refractivity contribution in [3.05, 3.63) is 186 Å². The van der Waals surface area contributed by atoms with E-state index >= 15 is 0 Å². The van der Waals surface area contributed by atoms with Gasteiger partial charge in [-0.05, 0) is 110 Å². The zero-order valence-electron chi connectivity index (χ0n) is 28.6. The molecule has 0 spiro atoms. The van der Waals surface area contributed by atoms with Gasteiger partial charge in [0.2, 0.25) is 0 Å². The highest BCUT2D eigenvalue weighted by Crippen LogP contribution is 2.50. The Morgan fingerprint density at radius 1 is 0.569 bits per heavy atom. The molecular formula is C47H36N4. The molecule has 0 aliphatic heterocycles. The van der Waals surface area contributed by atoms with Crippen LogP contribution in [0.5, 0.6) is 0 Å². The normalized spacial score (nSPS) is 14.6. The molecule has 9 rings (SSSR count). The first-order valence-corrected chi connectivity index (χ1v) is 17.4. The summed E-state index contributed by atoms with van der Waals surface area (Å²) in [6, 6.07) is 55.8. The van der Waals surface area contributed by atoms with Crippen molar-refractivity contribution in [3.8, 4) is 22.3 Å². The number of rotatable bonds is 6. The molecule has 2 N–H and O–H groups in total. The van der Waals surface area contributed by atoms with Gasteiger partial charge in [0.15, 0.2) is 0 Å². The zero-order valence-corrected chi connectivity index (χ0v) is 28.6. The van der Waals surface area contributed by atoms with Crippen molar-refractivity contribution in [1.29, 1.82) is 5.41 Å². The molecule has 0 saturated carbocycles. The lowest BCUT2D eigenvalue weighted by Gasteiger charge is -2.27. The SMILES string of the molecule is CC1(C)c2ccccc2-c2cc(N(c3ccccc3)c3ccc(-c4ccc5c6c(ccc5c4)C=C/C(=N/Nc4ccccc4)C6=N)cc3)ccc21. The van der Waals surface area contributed by atoms with Crippen molar-refractivity contribution in [3.63, 3.8) is 0 Å². The van der Waals surface area contributed by atoms with Crippen LogP contribution in [0.2, 0.25) is 0 Å². The molecule has 0 amide bonds. The van der Waals surface area contributed by atoms with Crippen LogP contribution >= 0.6 is 0 Å². The quantitative estimate of drug-likeness (QED) is 0.175. The molecule has 0 heterocycles. The number of nitrogens with one attached hydrogen (secondary N) is 2. The summed E-state index contributed by atoms with van der Waals surface area (Å²) in [6.07, 6.45) is 3.95. The maximum Gasteiger partial charge on any atom is 0.109 e. The Balaban J connectivity index is 1.05. The maximum absolute atomic E-state index is 9.07. The fourth-order valence-electron chi connectivity index (χ4n) is 7.73. The fourth-order valence-corrected chi connectivity index (χ4v) is 7.73. The second-order valence-corrected chi connectivity index (χ2v) is 13.8. The average molecular weight is 657 g/mol. The van der Waals surface area contributed by atoms with Crippen molar-refractivity contribution in [2.24, 2.45) is 5.10 Å². The van der Waals surface area contributed by atoms with Crippen LogP contribution in [-0.2, 0) is 5.41 Å². The molecule has 0 unspecified atom stereocenters. The van der Waals surface area contributed by atoms with Crippen LogP contribution in [0.15, 0.2) is 169 Å². The minimum atomic E-state index is -0.0325. The number of hydrogen-bond donors (Lipinski definition) is 2. The number of anilines is 4. The third-order valence-corrected chi connectivity index (χ3v) is 10.4. The van der Waals surface area contributed by atoms with Gasteiger partial charge in [-0.25, -0.2) is 0 Å². The number of nitrogens with zero attached hydrogens (tertiary/aromatic N) is 2. The maximum atomic E-state index is 9.07. The molecular weight excluding hydrogens is 621 g/mol. The van der Waals surface area contributed by atoms with Crippen LogP contribution in [0, 0.1) is 5.41 Å². The third-order valence-electron chi connectivity index (χ3n) is 10.4. The van der Waals surface area contributed by atoms with Crippen molar-refractivity contribution in [1.82, 2.24) is 0 Å². The molecule has 0 bridgehead atoms. The van der Waals surface area contributed by atoms with E-state index < -0.39 is 0 Å². The standard InChI is InChI=1S/C47H36N4/c1-47(2)42-16-10-9-15-40(42)41-30-38(25-27-43(41)47)51(36-13-7-4-8-14-36)37-23-19-31(20-24-37)33-21-26-39-34(29-33)18-17-32-22-28-44(46(48)45(32)39)50-49-35-11-5-3-6-12-35/h3-30,48-49H,1-2H3/b48-46?,50-44-. The summed E-state index contributed by atoms with van der Waals surface area (Å²) in [4.78, 5) is 2.34. The number of allylic oxidation sites excluding steroid dienone is 1. The highest BCUT2D eigenvalue weighted by Gasteiger charge is 2.35. The zero-order chi connectivity index (χ0) is 34.5. The molecule has 244 valence electrons. The number of fused-ring (bicyclic) bond motifs is 6. The smallest absolute Gasteiger partial charge is 0.109 e. The molecule has 2 aliphatic rings. The summed E-state index contributed by atoms with van der Waals surface area (Å²) in [5.74, 6) is 0. The molecule has 0 radical (unpaired) electrons. The highest BCUT2D eigenvalue weighted by molar-refractivity contribution is 6.55. The predicted octanol–water partition coefficient (Wildman–Crippen LogP) is 12.1. The van der Waals surface area contributed by atoms with Gasteiger partial charge in [0.1, 0.15) is 5.71 Å². The summed E-state index contributed by atoms with van der Waals surface area (Å²) in [5.41, 5.74) is 17.9. The van der Waals surface area contributed by atoms with Crippen molar-refractivity contribution in [2.75, 3.05) is 10.3 Å². The molecule has 51 heavy (non-hydrogen) atoms. The Morgan fingerprint density at radius 2 is 1.24 bits per heavy atom. The van der Waals surface area contributed by atoms with E-state index in [9.17, 15) is 0 Å². The summed E-state index contributed by atoms with van der Waals surface area (Å²) in [5, 5.41) is 15.8. The van der Waals surface area contributed by atoms with Gasteiger partial charge in [0.25, 0.3) is 0 Å². The molecule has 4 nitrogen and oxygen atoms in total. The van der Waals surface area contributed by atoms with Gasteiger partial charge in [-0.2, -0.15) is 5.10 Å². The number of hydrazone groups is 1. The van der Waals surface area contributed by atoms with E-state index in [1.165, 1.54) is 22.3 Å². The first-order chi connectivity index (χ1) is 25.0. The molecule has 7 aromatic rings. The lowest BCUT2D eigenvalue weighted by molar-refractivity contribution is 0.660. The van der Waals surface area contributed by atoms with Crippen LogP contribution in [0.1, 0.15) is 36.1 Å². The van der Waals surface area contributed by atoms with Crippen molar-refractivity contribution < 1.29 is 0 Å². The van der Waals surface area contributed by atoms with E-state index in [2.05, 4.69) is 157 Å². The summed E-state index contributed by atoms with van der Waals surface area (Å²) in [6.45, 7) is 4.65. The summed E-state index contributed by atoms with van der Waals surface area (Å²) in [7, 11) is 0. The Kier molecular flexibility index (Phi) is 7.25. The molecule has 0 saturated heterocycles. The number of hydrogen-bond acceptors (Lipinski definition) is 4. The summed E-state index contributed by atoms with van der Waals surface area (Å²) < 4.78 is 0. The van der Waals surface area contributed by atoms with E-state index in [1.54, 1.807) is 0 Å². The lowest BCUT2D eigenvalue weighted by atomic mass is 9.82. The van der Waals surface area contributed by atoms with E-state index in [0.29, 0.717) is 11.4 Å². The number of para-hydroxylation sites is 2. The van der Waals surface area contributed by atoms with Crippen molar-refractivity contribution in [2.45, 2.75) is 19.3 Å². The molecule has 0 aromatic heterocycles. The van der Waals surface area contributed by atoms with E-state index in [0.717, 1.165) is 55.8 Å². The third kappa shape index (κ3) is 5.24. The van der Waals surface area contributed by atoms with Gasteiger partial charge in [-0.3, -0.25) is 10.8 Å². The predicted molar refractivity (Wildman–Crippen MR) is 215 cm³/mol. The molecule has 0 fully saturated rings. The van der Waals surface area contributed by atoms with Gasteiger partial charge in [-0.1, -0.05) is 123 Å². The van der Waals surface area contributed by atoms with E-state index in [1.807, 2.05) is 42.5 Å². The van der Waals surface area contributed by atoms with Crippen molar-refractivity contribution >= 4 is 51.0 Å². The number of benzene rings is 7. The second kappa shape index (κ2) is 12.1. The van der Waals surface area contributed by atoms with Gasteiger partial charge < -0.3 is 4.90 Å². The Morgan fingerprint density at radius 3 is 2.04 bits per heavy atom. The summed E-state index contributed by atoms with van der Waals surface area (Å²) >= 11 is 0. The largest absolute Gasteiger partial charge is 0.310 e.